The molecule has 0 aliphatic carbocycles. The van der Waals surface area contributed by atoms with Crippen molar-refractivity contribution in [2.24, 2.45) is 11.8 Å². The van der Waals surface area contributed by atoms with Crippen LogP contribution in [0.25, 0.3) is 0 Å². The van der Waals surface area contributed by atoms with Gasteiger partial charge >= 0.3 is 0 Å². The second kappa shape index (κ2) is 8.36. The predicted octanol–water partition coefficient (Wildman–Crippen LogP) is 1.84. The van der Waals surface area contributed by atoms with E-state index in [1.54, 1.807) is 4.31 Å². The van der Waals surface area contributed by atoms with Crippen molar-refractivity contribution < 1.29 is 22.4 Å². The fourth-order valence-corrected chi connectivity index (χ4v) is 6.02. The molecule has 1 aromatic carbocycles. The number of hydrogen-bond donors (Lipinski definition) is 0. The molecule has 3 heterocycles. The largest absolute Gasteiger partial charge is 0.292 e. The van der Waals surface area contributed by atoms with Crippen molar-refractivity contribution in [3.63, 3.8) is 0 Å². The van der Waals surface area contributed by atoms with Gasteiger partial charge in [-0.15, -0.1) is 0 Å². The second-order valence-corrected chi connectivity index (χ2v) is 10.6. The summed E-state index contributed by atoms with van der Waals surface area (Å²) < 4.78 is 38.1. The summed E-state index contributed by atoms with van der Waals surface area (Å²) in [6.07, 6.45) is 5.11. The highest BCUT2D eigenvalue weighted by molar-refractivity contribution is 7.88. The maximum absolute atomic E-state index is 13.2. The van der Waals surface area contributed by atoms with Gasteiger partial charge in [0.15, 0.2) is 0 Å². The topological polar surface area (TPSA) is 78.0 Å². The van der Waals surface area contributed by atoms with E-state index in [9.17, 15) is 22.4 Å². The Hall–Kier alpha value is -1.84. The molecule has 9 heteroatoms. The van der Waals surface area contributed by atoms with Gasteiger partial charge in [0.25, 0.3) is 5.91 Å². The Balaban J connectivity index is 1.33. The van der Waals surface area contributed by atoms with Gasteiger partial charge in [-0.25, -0.2) is 22.0 Å². The number of carbonyl (C=O) groups excluding carboxylic acids is 2. The average Bonchev–Trinajstić information content (AvgIpc) is 3.02. The van der Waals surface area contributed by atoms with Gasteiger partial charge in [-0.2, -0.15) is 0 Å². The molecule has 4 rings (SSSR count). The van der Waals surface area contributed by atoms with E-state index in [0.29, 0.717) is 30.6 Å². The average molecular weight is 438 g/mol. The van der Waals surface area contributed by atoms with Crippen molar-refractivity contribution >= 4 is 27.5 Å². The smallest absolute Gasteiger partial charge is 0.251 e. The first-order valence-electron chi connectivity index (χ1n) is 10.6. The summed E-state index contributed by atoms with van der Waals surface area (Å²) in [6, 6.07) is 4.98. The fourth-order valence-electron chi connectivity index (χ4n) is 5.14. The summed E-state index contributed by atoms with van der Waals surface area (Å²) in [4.78, 5) is 28.7. The zero-order valence-electron chi connectivity index (χ0n) is 17.2. The van der Waals surface area contributed by atoms with E-state index in [1.807, 2.05) is 0 Å². The molecule has 164 valence electrons. The highest BCUT2D eigenvalue weighted by atomic mass is 32.2. The number of hydrogen-bond acceptors (Lipinski definition) is 5. The maximum Gasteiger partial charge on any atom is 0.251 e. The van der Waals surface area contributed by atoms with Crippen LogP contribution < -0.4 is 4.90 Å². The molecule has 1 aromatic rings. The molecule has 0 spiro atoms. The third kappa shape index (κ3) is 4.29. The van der Waals surface area contributed by atoms with E-state index in [2.05, 4.69) is 4.90 Å². The molecule has 0 bridgehead atoms. The first-order valence-corrected chi connectivity index (χ1v) is 12.4. The Bertz CT molecular complexity index is 905. The maximum atomic E-state index is 13.2. The van der Waals surface area contributed by atoms with Crippen LogP contribution in [0.2, 0.25) is 0 Å². The van der Waals surface area contributed by atoms with Crippen LogP contribution >= 0.6 is 0 Å². The standard InChI is InChI=1S/C21H28FN3O4S/c1-30(28,29)24-12-8-16(9-13-24)15-6-10-23(11-7-15)19-14-20(26)25(21(19)27)18-4-2-17(22)3-5-18/h2-5,15-16,19H,6-14H2,1H3/t19-/m1/s1. The third-order valence-electron chi connectivity index (χ3n) is 6.86. The van der Waals surface area contributed by atoms with Crippen molar-refractivity contribution in [1.82, 2.24) is 9.21 Å². The van der Waals surface area contributed by atoms with Crippen molar-refractivity contribution in [2.75, 3.05) is 37.3 Å². The predicted molar refractivity (Wildman–Crippen MR) is 111 cm³/mol. The van der Waals surface area contributed by atoms with Gasteiger partial charge in [0.2, 0.25) is 15.9 Å². The van der Waals surface area contributed by atoms with Crippen LogP contribution in [-0.2, 0) is 19.6 Å². The number of halogens is 1. The monoisotopic (exact) mass is 437 g/mol. The Labute approximate surface area is 176 Å². The number of imide groups is 1. The molecule has 3 aliphatic heterocycles. The lowest BCUT2D eigenvalue weighted by atomic mass is 9.79. The van der Waals surface area contributed by atoms with Gasteiger partial charge in [0.1, 0.15) is 5.82 Å². The van der Waals surface area contributed by atoms with Crippen molar-refractivity contribution in [3.05, 3.63) is 30.1 Å². The Morgan fingerprint density at radius 3 is 1.97 bits per heavy atom. The molecule has 3 aliphatic rings. The number of benzene rings is 1. The number of sulfonamides is 1. The molecule has 7 nitrogen and oxygen atoms in total. The number of anilines is 1. The Kier molecular flexibility index (Phi) is 5.96. The lowest BCUT2D eigenvalue weighted by Crippen LogP contribution is -2.47. The molecular formula is C21H28FN3O4S. The number of nitrogens with zero attached hydrogens (tertiary/aromatic N) is 3. The van der Waals surface area contributed by atoms with Crippen LogP contribution in [0, 0.1) is 17.7 Å². The van der Waals surface area contributed by atoms with Crippen molar-refractivity contribution in [2.45, 2.75) is 38.1 Å². The van der Waals surface area contributed by atoms with Gasteiger partial charge in [0, 0.05) is 13.1 Å². The molecule has 0 N–H and O–H groups in total. The molecule has 3 fully saturated rings. The lowest BCUT2D eigenvalue weighted by molar-refractivity contribution is -0.123. The minimum Gasteiger partial charge on any atom is -0.292 e. The molecule has 0 unspecified atom stereocenters. The summed E-state index contributed by atoms with van der Waals surface area (Å²) >= 11 is 0. The van der Waals surface area contributed by atoms with Crippen molar-refractivity contribution in [1.29, 1.82) is 0 Å². The summed E-state index contributed by atoms with van der Waals surface area (Å²) in [7, 11) is -3.11. The molecule has 1 atom stereocenters. The number of likely N-dealkylation sites (tertiary alicyclic amines) is 1. The third-order valence-corrected chi connectivity index (χ3v) is 8.16. The normalized spacial score (nSPS) is 25.9. The highest BCUT2D eigenvalue weighted by Gasteiger charge is 2.44. The summed E-state index contributed by atoms with van der Waals surface area (Å²) in [5.74, 6) is 0.169. The van der Waals surface area contributed by atoms with E-state index in [4.69, 9.17) is 0 Å². The van der Waals surface area contributed by atoms with Gasteiger partial charge < -0.3 is 0 Å². The number of piperidine rings is 2. The van der Waals surface area contributed by atoms with Gasteiger partial charge in [-0.3, -0.25) is 14.5 Å². The fraction of sp³-hybridized carbons (Fsp3) is 0.619. The van der Waals surface area contributed by atoms with Gasteiger partial charge in [0.05, 0.1) is 24.4 Å². The van der Waals surface area contributed by atoms with Crippen LogP contribution in [-0.4, -0.2) is 67.9 Å². The number of rotatable bonds is 4. The summed E-state index contributed by atoms with van der Waals surface area (Å²) in [5.41, 5.74) is 0.418. The van der Waals surface area contributed by atoms with Crippen LogP contribution in [0.5, 0.6) is 0 Å². The zero-order chi connectivity index (χ0) is 21.5. The molecule has 0 radical (unpaired) electrons. The SMILES string of the molecule is CS(=O)(=O)N1CCC(C2CCN([C@@H]3CC(=O)N(c4ccc(F)cc4)C3=O)CC2)CC1. The van der Waals surface area contributed by atoms with E-state index in [-0.39, 0.29) is 18.2 Å². The lowest BCUT2D eigenvalue weighted by Gasteiger charge is -2.40. The number of amides is 2. The Morgan fingerprint density at radius 1 is 0.900 bits per heavy atom. The molecule has 0 aromatic heterocycles. The summed E-state index contributed by atoms with van der Waals surface area (Å²) in [5, 5.41) is 0. The number of carbonyl (C=O) groups is 2. The van der Waals surface area contributed by atoms with Gasteiger partial charge in [-0.05, 0) is 74.9 Å². The minimum absolute atomic E-state index is 0.160. The van der Waals surface area contributed by atoms with Crippen LogP contribution in [0.1, 0.15) is 32.1 Å². The van der Waals surface area contributed by atoms with Crippen LogP contribution in [0.4, 0.5) is 10.1 Å². The first kappa shape index (κ1) is 21.4. The molecule has 30 heavy (non-hydrogen) atoms. The van der Waals surface area contributed by atoms with Crippen LogP contribution in [0.3, 0.4) is 0 Å². The second-order valence-electron chi connectivity index (χ2n) is 8.64. The highest BCUT2D eigenvalue weighted by Crippen LogP contribution is 2.35. The zero-order valence-corrected chi connectivity index (χ0v) is 18.0. The first-order chi connectivity index (χ1) is 14.2. The quantitative estimate of drug-likeness (QED) is 0.672. The molecule has 3 saturated heterocycles. The van der Waals surface area contributed by atoms with E-state index in [0.717, 1.165) is 38.8 Å². The summed E-state index contributed by atoms with van der Waals surface area (Å²) in [6.45, 7) is 2.70. The molecule has 2 amide bonds. The van der Waals surface area contributed by atoms with E-state index < -0.39 is 21.9 Å². The van der Waals surface area contributed by atoms with E-state index in [1.165, 1.54) is 35.4 Å². The van der Waals surface area contributed by atoms with E-state index >= 15 is 0 Å². The molecular weight excluding hydrogens is 409 g/mol. The van der Waals surface area contributed by atoms with Gasteiger partial charge in [-0.1, -0.05) is 0 Å². The minimum atomic E-state index is -3.11. The van der Waals surface area contributed by atoms with Crippen LogP contribution in [0.15, 0.2) is 24.3 Å². The van der Waals surface area contributed by atoms with Crippen molar-refractivity contribution in [3.8, 4) is 0 Å². The Morgan fingerprint density at radius 2 is 1.43 bits per heavy atom. The molecule has 0 saturated carbocycles.